The molecule has 3 aromatic rings. The number of rotatable bonds is 3. The molecule has 7 heteroatoms. The van der Waals surface area contributed by atoms with Crippen LogP contribution >= 0.6 is 24.2 Å². The van der Waals surface area contributed by atoms with Gasteiger partial charge in [0, 0.05) is 16.3 Å². The Labute approximate surface area is 172 Å². The van der Waals surface area contributed by atoms with Crippen LogP contribution in [0.4, 0.5) is 5.69 Å². The number of hydrogen-bond acceptors (Lipinski definition) is 5. The van der Waals surface area contributed by atoms with Gasteiger partial charge in [0.15, 0.2) is 6.17 Å². The first-order valence-corrected chi connectivity index (χ1v) is 9.25. The fourth-order valence-corrected chi connectivity index (χ4v) is 3.54. The first kappa shape index (κ1) is 18.2. The van der Waals surface area contributed by atoms with Crippen molar-refractivity contribution in [3.05, 3.63) is 88.1 Å². The van der Waals surface area contributed by atoms with Gasteiger partial charge in [0.2, 0.25) is 0 Å². The van der Waals surface area contributed by atoms with Crippen molar-refractivity contribution < 1.29 is 9.21 Å². The minimum absolute atomic E-state index is 0.0482. The van der Waals surface area contributed by atoms with E-state index >= 15 is 0 Å². The highest BCUT2D eigenvalue weighted by atomic mass is 35.5. The number of thiol groups is 1. The summed E-state index contributed by atoms with van der Waals surface area (Å²) in [4.78, 5) is 14.1. The Hall–Kier alpha value is -3.14. The van der Waals surface area contributed by atoms with Crippen molar-refractivity contribution in [2.75, 3.05) is 4.90 Å². The van der Waals surface area contributed by atoms with Crippen molar-refractivity contribution in [2.24, 2.45) is 0 Å². The monoisotopic (exact) mass is 407 g/mol. The Balaban J connectivity index is 1.77. The molecule has 28 heavy (non-hydrogen) atoms. The number of anilines is 1. The van der Waals surface area contributed by atoms with E-state index in [-0.39, 0.29) is 10.6 Å². The van der Waals surface area contributed by atoms with Crippen molar-refractivity contribution >= 4 is 35.8 Å². The number of para-hydroxylation sites is 1. The topological polar surface area (TPSA) is 69.3 Å². The van der Waals surface area contributed by atoms with Gasteiger partial charge in [-0.05, 0) is 48.5 Å². The van der Waals surface area contributed by atoms with Gasteiger partial charge in [-0.25, -0.2) is 0 Å². The summed E-state index contributed by atoms with van der Waals surface area (Å²) in [5.74, 6) is 0.671. The van der Waals surface area contributed by atoms with Crippen molar-refractivity contribution in [2.45, 2.75) is 6.17 Å². The van der Waals surface area contributed by atoms with Gasteiger partial charge in [-0.2, -0.15) is 5.26 Å². The molecule has 0 aliphatic carbocycles. The molecule has 0 saturated carbocycles. The maximum absolute atomic E-state index is 12.4. The van der Waals surface area contributed by atoms with Gasteiger partial charge in [-0.1, -0.05) is 29.8 Å². The number of furan rings is 1. The summed E-state index contributed by atoms with van der Waals surface area (Å²) in [7, 11) is 0. The Bertz CT molecular complexity index is 1100. The minimum atomic E-state index is -0.638. The highest BCUT2D eigenvalue weighted by Gasteiger charge is 2.35. The number of nitrogens with one attached hydrogen (secondary N) is 1. The summed E-state index contributed by atoms with van der Waals surface area (Å²) < 4.78 is 6.03. The molecule has 2 aromatic carbocycles. The number of nitrogens with zero attached hydrogens (tertiary/aromatic N) is 2. The maximum atomic E-state index is 12.4. The normalized spacial score (nSPS) is 16.7. The molecule has 4 rings (SSSR count). The largest absolute Gasteiger partial charge is 0.457 e. The number of nitriles is 1. The molecule has 1 N–H and O–H groups in total. The first-order chi connectivity index (χ1) is 13.6. The van der Waals surface area contributed by atoms with Gasteiger partial charge < -0.3 is 14.6 Å². The lowest BCUT2D eigenvalue weighted by molar-refractivity contribution is -0.118. The first-order valence-electron chi connectivity index (χ1n) is 8.42. The van der Waals surface area contributed by atoms with E-state index in [0.29, 0.717) is 16.5 Å². The predicted octanol–water partition coefficient (Wildman–Crippen LogP) is 4.90. The highest BCUT2D eigenvalue weighted by molar-refractivity contribution is 7.84. The number of hydrogen-bond donors (Lipinski definition) is 2. The zero-order chi connectivity index (χ0) is 19.7. The van der Waals surface area contributed by atoms with E-state index < -0.39 is 12.1 Å². The third kappa shape index (κ3) is 3.26. The van der Waals surface area contributed by atoms with E-state index in [1.54, 1.807) is 23.1 Å². The molecule has 1 aliphatic rings. The molecular weight excluding hydrogens is 394 g/mol. The summed E-state index contributed by atoms with van der Waals surface area (Å²) >= 11 is 10.4. The van der Waals surface area contributed by atoms with E-state index in [0.717, 1.165) is 11.3 Å². The van der Waals surface area contributed by atoms with Gasteiger partial charge in [0.25, 0.3) is 5.91 Å². The van der Waals surface area contributed by atoms with Crippen molar-refractivity contribution in [1.82, 2.24) is 5.32 Å². The molecule has 1 aliphatic heterocycles. The fraction of sp³-hybridized carbons (Fsp3) is 0.0476. The third-order valence-corrected chi connectivity index (χ3v) is 5.07. The van der Waals surface area contributed by atoms with Crippen LogP contribution in [0.25, 0.3) is 11.3 Å². The van der Waals surface area contributed by atoms with Crippen molar-refractivity contribution in [3.63, 3.8) is 0 Å². The second kappa shape index (κ2) is 7.47. The highest BCUT2D eigenvalue weighted by Crippen LogP contribution is 2.37. The lowest BCUT2D eigenvalue weighted by Crippen LogP contribution is -2.45. The Morgan fingerprint density at radius 2 is 1.79 bits per heavy atom. The van der Waals surface area contributed by atoms with Crippen LogP contribution in [-0.4, -0.2) is 5.91 Å². The van der Waals surface area contributed by atoms with E-state index in [1.165, 1.54) is 0 Å². The molecule has 1 aromatic heterocycles. The van der Waals surface area contributed by atoms with E-state index in [1.807, 2.05) is 54.6 Å². The molecule has 1 amide bonds. The minimum Gasteiger partial charge on any atom is -0.457 e. The number of carbonyl (C=O) groups is 1. The smallest absolute Gasteiger partial charge is 0.266 e. The maximum Gasteiger partial charge on any atom is 0.266 e. The molecule has 0 bridgehead atoms. The molecule has 1 unspecified atom stereocenters. The van der Waals surface area contributed by atoms with Gasteiger partial charge in [-0.15, -0.1) is 12.6 Å². The fourth-order valence-electron chi connectivity index (χ4n) is 3.03. The number of carbonyl (C=O) groups excluding carboxylic acids is 1. The molecular formula is C21H14ClN3O2S. The average Bonchev–Trinajstić information content (AvgIpc) is 3.19. The van der Waals surface area contributed by atoms with Gasteiger partial charge in [0.05, 0.1) is 5.03 Å². The zero-order valence-electron chi connectivity index (χ0n) is 14.5. The average molecular weight is 408 g/mol. The van der Waals surface area contributed by atoms with Crippen LogP contribution in [0.5, 0.6) is 0 Å². The summed E-state index contributed by atoms with van der Waals surface area (Å²) in [6, 6.07) is 22.2. The van der Waals surface area contributed by atoms with Crippen molar-refractivity contribution in [3.8, 4) is 17.4 Å². The van der Waals surface area contributed by atoms with Crippen LogP contribution < -0.4 is 10.2 Å². The van der Waals surface area contributed by atoms with E-state index in [2.05, 4.69) is 17.9 Å². The van der Waals surface area contributed by atoms with Gasteiger partial charge in [-0.3, -0.25) is 4.79 Å². The number of amides is 1. The van der Waals surface area contributed by atoms with E-state index in [4.69, 9.17) is 16.0 Å². The Morgan fingerprint density at radius 3 is 2.46 bits per heavy atom. The molecule has 2 heterocycles. The van der Waals surface area contributed by atoms with E-state index in [9.17, 15) is 10.1 Å². The second-order valence-electron chi connectivity index (χ2n) is 6.10. The van der Waals surface area contributed by atoms with Crippen molar-refractivity contribution in [1.29, 1.82) is 5.26 Å². The Kier molecular flexibility index (Phi) is 4.86. The lowest BCUT2D eigenvalue weighted by atomic mass is 10.1. The number of halogens is 1. The zero-order valence-corrected chi connectivity index (χ0v) is 16.1. The van der Waals surface area contributed by atoms with Gasteiger partial charge in [0.1, 0.15) is 23.2 Å². The Morgan fingerprint density at radius 1 is 1.07 bits per heavy atom. The van der Waals surface area contributed by atoms with Crippen LogP contribution in [0.15, 0.2) is 81.7 Å². The lowest BCUT2D eigenvalue weighted by Gasteiger charge is -2.36. The number of benzene rings is 2. The molecule has 138 valence electrons. The quantitative estimate of drug-likeness (QED) is 0.606. The predicted molar refractivity (Wildman–Crippen MR) is 111 cm³/mol. The SMILES string of the molecule is N#CC1=C(S)N(c2ccccc2)C(c2ccc(-c3ccc(Cl)cc3)o2)NC1=O. The van der Waals surface area contributed by atoms with Crippen LogP contribution in [0, 0.1) is 11.3 Å². The standard InChI is InChI=1S/C21H14ClN3O2S/c22-14-8-6-13(7-9-14)17-10-11-18(27-17)19-24-20(26)16(12-23)21(28)25(19)15-4-2-1-3-5-15/h1-11,19,28H,(H,24,26). The summed E-state index contributed by atoms with van der Waals surface area (Å²) in [6.45, 7) is 0. The van der Waals surface area contributed by atoms with Gasteiger partial charge >= 0.3 is 0 Å². The molecule has 1 atom stereocenters. The van der Waals surface area contributed by atoms with Crippen LogP contribution in [0.1, 0.15) is 11.9 Å². The molecule has 0 spiro atoms. The molecule has 5 nitrogen and oxygen atoms in total. The molecule has 0 radical (unpaired) electrons. The summed E-state index contributed by atoms with van der Waals surface area (Å²) in [6.07, 6.45) is -0.638. The molecule has 0 saturated heterocycles. The summed E-state index contributed by atoms with van der Waals surface area (Å²) in [5, 5.41) is 13.1. The molecule has 0 fully saturated rings. The second-order valence-corrected chi connectivity index (χ2v) is 6.96. The summed E-state index contributed by atoms with van der Waals surface area (Å²) in [5.41, 5.74) is 1.59. The third-order valence-electron chi connectivity index (χ3n) is 4.38. The van der Waals surface area contributed by atoms with Crippen LogP contribution in [0.2, 0.25) is 5.02 Å². The van der Waals surface area contributed by atoms with Crippen LogP contribution in [-0.2, 0) is 4.79 Å². The van der Waals surface area contributed by atoms with Crippen LogP contribution in [0.3, 0.4) is 0 Å².